The Balaban J connectivity index is 2.09. The minimum Gasteiger partial charge on any atom is -0.478 e. The van der Waals surface area contributed by atoms with E-state index in [1.807, 2.05) is 0 Å². The molecule has 0 saturated carbocycles. The lowest BCUT2D eigenvalue weighted by atomic mass is 9.99. The average Bonchev–Trinajstić information content (AvgIpc) is 2.84. The number of nitrogens with two attached hydrogens (primary N) is 1. The molecule has 0 radical (unpaired) electrons. The van der Waals surface area contributed by atoms with Crippen LogP contribution in [-0.4, -0.2) is 30.3 Å². The fraction of sp³-hybridized carbons (Fsp3) is 0.500. The third-order valence-electron chi connectivity index (χ3n) is 3.67. The van der Waals surface area contributed by atoms with E-state index in [-0.39, 0.29) is 23.0 Å². The van der Waals surface area contributed by atoms with Gasteiger partial charge in [0.15, 0.2) is 0 Å². The molecule has 2 unspecified atom stereocenters. The predicted octanol–water partition coefficient (Wildman–Crippen LogP) is 2.33. The van der Waals surface area contributed by atoms with Crippen LogP contribution in [0.1, 0.15) is 30.1 Å². The molecule has 0 aromatic heterocycles. The molecule has 1 aromatic carbocycles. The Morgan fingerprint density at radius 3 is 3.00 bits per heavy atom. The Morgan fingerprint density at radius 2 is 2.35 bits per heavy atom. The maximum absolute atomic E-state index is 13.8. The summed E-state index contributed by atoms with van der Waals surface area (Å²) in [6, 6.07) is 2.28. The summed E-state index contributed by atoms with van der Waals surface area (Å²) in [4.78, 5) is 11.0. The van der Waals surface area contributed by atoms with Gasteiger partial charge in [0, 0.05) is 24.8 Å². The molecule has 1 aromatic rings. The largest absolute Gasteiger partial charge is 0.478 e. The molecule has 1 fully saturated rings. The van der Waals surface area contributed by atoms with Crippen LogP contribution in [0.2, 0.25) is 0 Å². The van der Waals surface area contributed by atoms with Crippen LogP contribution < -0.4 is 11.1 Å². The van der Waals surface area contributed by atoms with E-state index in [1.54, 1.807) is 0 Å². The van der Waals surface area contributed by atoms with Crippen molar-refractivity contribution in [3.05, 3.63) is 23.5 Å². The first-order valence-corrected chi connectivity index (χ1v) is 6.70. The normalized spacial score (nSPS) is 21.9. The molecule has 2 atom stereocenters. The first kappa shape index (κ1) is 14.6. The van der Waals surface area contributed by atoms with Gasteiger partial charge in [0.2, 0.25) is 0 Å². The first-order chi connectivity index (χ1) is 9.52. The number of ether oxygens (including phenoxy) is 1. The quantitative estimate of drug-likeness (QED) is 0.722. The van der Waals surface area contributed by atoms with Crippen LogP contribution in [0.3, 0.4) is 0 Å². The number of nitrogens with one attached hydrogen (secondary N) is 1. The fourth-order valence-electron chi connectivity index (χ4n) is 2.53. The molecule has 0 aliphatic carbocycles. The van der Waals surface area contributed by atoms with Gasteiger partial charge < -0.3 is 20.9 Å². The number of carboxylic acids is 1. The number of anilines is 2. The van der Waals surface area contributed by atoms with Gasteiger partial charge in [-0.2, -0.15) is 0 Å². The lowest BCUT2D eigenvalue weighted by Gasteiger charge is -2.18. The molecule has 1 saturated heterocycles. The van der Waals surface area contributed by atoms with Gasteiger partial charge in [-0.25, -0.2) is 9.18 Å². The monoisotopic (exact) mass is 282 g/mol. The number of benzene rings is 1. The zero-order valence-electron chi connectivity index (χ0n) is 11.4. The highest BCUT2D eigenvalue weighted by Gasteiger charge is 2.26. The summed E-state index contributed by atoms with van der Waals surface area (Å²) in [6.07, 6.45) is 2.02. The molecule has 0 amide bonds. The van der Waals surface area contributed by atoms with Crippen molar-refractivity contribution in [2.24, 2.45) is 5.92 Å². The van der Waals surface area contributed by atoms with E-state index in [1.165, 1.54) is 6.07 Å². The van der Waals surface area contributed by atoms with E-state index in [0.717, 1.165) is 25.5 Å². The number of carboxylic acid groups (broad SMARTS) is 1. The lowest BCUT2D eigenvalue weighted by Crippen LogP contribution is -2.23. The number of hydrogen-bond donors (Lipinski definition) is 3. The number of hydrogen-bond acceptors (Lipinski definition) is 4. The van der Waals surface area contributed by atoms with Gasteiger partial charge in [-0.1, -0.05) is 6.92 Å². The van der Waals surface area contributed by atoms with E-state index in [2.05, 4.69) is 12.2 Å². The molecule has 0 spiro atoms. The van der Waals surface area contributed by atoms with Crippen LogP contribution in [0.15, 0.2) is 12.1 Å². The van der Waals surface area contributed by atoms with E-state index in [0.29, 0.717) is 12.5 Å². The topological polar surface area (TPSA) is 84.6 Å². The molecular formula is C14H19FN2O3. The molecule has 0 bridgehead atoms. The predicted molar refractivity (Wildman–Crippen MR) is 74.4 cm³/mol. The molecule has 6 heteroatoms. The summed E-state index contributed by atoms with van der Waals surface area (Å²) in [7, 11) is 0. The molecule has 2 rings (SSSR count). The highest BCUT2D eigenvalue weighted by molar-refractivity contribution is 5.94. The molecular weight excluding hydrogens is 263 g/mol. The van der Waals surface area contributed by atoms with Gasteiger partial charge in [0.25, 0.3) is 0 Å². The standard InChI is InChI=1S/C14H19FN2O3/c1-2-13-8(3-4-20-13)7-17-12-5-9(14(18)19)11(16)6-10(12)15/h5-6,8,13,17H,2-4,7,16H2,1H3,(H,18,19). The van der Waals surface area contributed by atoms with Gasteiger partial charge in [-0.15, -0.1) is 0 Å². The highest BCUT2D eigenvalue weighted by Crippen LogP contribution is 2.26. The highest BCUT2D eigenvalue weighted by atomic mass is 19.1. The first-order valence-electron chi connectivity index (χ1n) is 6.70. The van der Waals surface area contributed by atoms with Crippen molar-refractivity contribution in [3.63, 3.8) is 0 Å². The van der Waals surface area contributed by atoms with Crippen molar-refractivity contribution in [3.8, 4) is 0 Å². The Morgan fingerprint density at radius 1 is 1.60 bits per heavy atom. The Kier molecular flexibility index (Phi) is 4.44. The van der Waals surface area contributed by atoms with Gasteiger partial charge in [-0.3, -0.25) is 0 Å². The van der Waals surface area contributed by atoms with E-state index in [9.17, 15) is 9.18 Å². The molecule has 20 heavy (non-hydrogen) atoms. The molecule has 110 valence electrons. The molecule has 5 nitrogen and oxygen atoms in total. The number of halogens is 1. The van der Waals surface area contributed by atoms with Crippen molar-refractivity contribution in [1.29, 1.82) is 0 Å². The summed E-state index contributed by atoms with van der Waals surface area (Å²) in [6.45, 7) is 3.32. The Labute approximate surface area is 116 Å². The van der Waals surface area contributed by atoms with Gasteiger partial charge in [0.1, 0.15) is 5.82 Å². The average molecular weight is 282 g/mol. The SMILES string of the molecule is CCC1OCCC1CNc1cc(C(=O)O)c(N)cc1F. The zero-order chi connectivity index (χ0) is 14.7. The van der Waals surface area contributed by atoms with Gasteiger partial charge in [-0.05, 0) is 25.0 Å². The molecule has 4 N–H and O–H groups in total. The molecule has 1 heterocycles. The summed E-state index contributed by atoms with van der Waals surface area (Å²) < 4.78 is 19.3. The van der Waals surface area contributed by atoms with Crippen molar-refractivity contribution in [1.82, 2.24) is 0 Å². The van der Waals surface area contributed by atoms with Crippen LogP contribution in [0, 0.1) is 11.7 Å². The smallest absolute Gasteiger partial charge is 0.337 e. The van der Waals surface area contributed by atoms with Gasteiger partial charge in [0.05, 0.1) is 17.4 Å². The zero-order valence-corrected chi connectivity index (χ0v) is 11.4. The number of carbonyl (C=O) groups is 1. The lowest BCUT2D eigenvalue weighted by molar-refractivity contribution is 0.0698. The maximum atomic E-state index is 13.8. The van der Waals surface area contributed by atoms with E-state index >= 15 is 0 Å². The maximum Gasteiger partial charge on any atom is 0.337 e. The molecule has 1 aliphatic heterocycles. The number of rotatable bonds is 5. The summed E-state index contributed by atoms with van der Waals surface area (Å²) >= 11 is 0. The Hall–Kier alpha value is -1.82. The summed E-state index contributed by atoms with van der Waals surface area (Å²) in [5.74, 6) is -1.40. The second-order valence-electron chi connectivity index (χ2n) is 4.97. The van der Waals surface area contributed by atoms with Crippen LogP contribution >= 0.6 is 0 Å². The van der Waals surface area contributed by atoms with Crippen molar-refractivity contribution >= 4 is 17.3 Å². The molecule has 1 aliphatic rings. The van der Waals surface area contributed by atoms with Crippen LogP contribution in [-0.2, 0) is 4.74 Å². The number of nitrogen functional groups attached to an aromatic ring is 1. The van der Waals surface area contributed by atoms with Gasteiger partial charge >= 0.3 is 5.97 Å². The van der Waals surface area contributed by atoms with Crippen LogP contribution in [0.5, 0.6) is 0 Å². The second-order valence-corrected chi connectivity index (χ2v) is 4.97. The second kappa shape index (κ2) is 6.09. The minimum absolute atomic E-state index is 0.0730. The van der Waals surface area contributed by atoms with Crippen molar-refractivity contribution in [2.45, 2.75) is 25.9 Å². The van der Waals surface area contributed by atoms with E-state index in [4.69, 9.17) is 15.6 Å². The van der Waals surface area contributed by atoms with E-state index < -0.39 is 11.8 Å². The summed E-state index contributed by atoms with van der Waals surface area (Å²) in [5, 5.41) is 12.0. The minimum atomic E-state index is -1.17. The Bertz CT molecular complexity index is 507. The summed E-state index contributed by atoms with van der Waals surface area (Å²) in [5.41, 5.74) is 5.48. The third kappa shape index (κ3) is 3.01. The van der Waals surface area contributed by atoms with Crippen LogP contribution in [0.4, 0.5) is 15.8 Å². The fourth-order valence-corrected chi connectivity index (χ4v) is 2.53. The van der Waals surface area contributed by atoms with Crippen molar-refractivity contribution < 1.29 is 19.0 Å². The number of aromatic carboxylic acids is 1. The van der Waals surface area contributed by atoms with Crippen molar-refractivity contribution in [2.75, 3.05) is 24.2 Å². The van der Waals surface area contributed by atoms with Crippen LogP contribution in [0.25, 0.3) is 0 Å². The third-order valence-corrected chi connectivity index (χ3v) is 3.67.